The number of nitrogens with one attached hydrogen (secondary N) is 1. The Balaban J connectivity index is 1.37. The van der Waals surface area contributed by atoms with Crippen LogP contribution in [0.4, 0.5) is 5.95 Å². The fraction of sp³-hybridized carbons (Fsp3) is 0.435. The molecule has 6 nitrogen and oxygen atoms in total. The summed E-state index contributed by atoms with van der Waals surface area (Å²) in [5.74, 6) is 0.712. The van der Waals surface area contributed by atoms with Crippen LogP contribution in [0.15, 0.2) is 35.4 Å². The first-order valence-electron chi connectivity index (χ1n) is 10.9. The monoisotopic (exact) mass is 421 g/mol. The van der Waals surface area contributed by atoms with Crippen molar-refractivity contribution < 1.29 is 0 Å². The number of aromatic nitrogens is 4. The van der Waals surface area contributed by atoms with Gasteiger partial charge in [-0.2, -0.15) is 0 Å². The van der Waals surface area contributed by atoms with Gasteiger partial charge < -0.3 is 9.88 Å². The Morgan fingerprint density at radius 2 is 2.03 bits per heavy atom. The lowest BCUT2D eigenvalue weighted by atomic mass is 9.97. The Kier molecular flexibility index (Phi) is 5.29. The second kappa shape index (κ2) is 8.22. The average molecular weight is 422 g/mol. The molecule has 30 heavy (non-hydrogen) atoms. The number of fused-ring (bicyclic) bond motifs is 4. The highest BCUT2D eigenvalue weighted by Crippen LogP contribution is 2.34. The maximum absolute atomic E-state index is 13.3. The van der Waals surface area contributed by atoms with Crippen LogP contribution in [-0.4, -0.2) is 25.6 Å². The molecule has 0 amide bonds. The standard InChI is InChI=1S/C23H27N5OS/c1-2-13-28-22(29)20-16-8-3-6-11-19(16)30-21(20)26-23(28)24-12-7-14-27-15-25-17-9-4-5-10-18(17)27/h4-5,9-10,15H,2-3,6-8,11-14H2,1H3,(H,24,26). The number of nitrogens with zero attached hydrogens (tertiary/aromatic N) is 4. The van der Waals surface area contributed by atoms with Crippen LogP contribution in [-0.2, 0) is 25.9 Å². The van der Waals surface area contributed by atoms with E-state index in [1.54, 1.807) is 11.3 Å². The van der Waals surface area contributed by atoms with E-state index in [1.807, 2.05) is 29.1 Å². The summed E-state index contributed by atoms with van der Waals surface area (Å²) in [6.45, 7) is 4.44. The smallest absolute Gasteiger partial charge is 0.263 e. The van der Waals surface area contributed by atoms with Gasteiger partial charge in [0.25, 0.3) is 5.56 Å². The molecule has 1 N–H and O–H groups in total. The van der Waals surface area contributed by atoms with Gasteiger partial charge in [0.2, 0.25) is 5.95 Å². The van der Waals surface area contributed by atoms with Crippen molar-refractivity contribution >= 4 is 38.5 Å². The summed E-state index contributed by atoms with van der Waals surface area (Å²) in [7, 11) is 0. The molecule has 7 heteroatoms. The van der Waals surface area contributed by atoms with Gasteiger partial charge in [-0.05, 0) is 56.2 Å². The molecule has 0 saturated carbocycles. The van der Waals surface area contributed by atoms with Crippen molar-refractivity contribution in [3.63, 3.8) is 0 Å². The van der Waals surface area contributed by atoms with Crippen LogP contribution in [0.3, 0.4) is 0 Å². The van der Waals surface area contributed by atoms with E-state index >= 15 is 0 Å². The van der Waals surface area contributed by atoms with E-state index in [0.717, 1.165) is 60.0 Å². The minimum atomic E-state index is 0.129. The highest BCUT2D eigenvalue weighted by atomic mass is 32.1. The van der Waals surface area contributed by atoms with Gasteiger partial charge in [-0.3, -0.25) is 9.36 Å². The first kappa shape index (κ1) is 19.3. The van der Waals surface area contributed by atoms with Gasteiger partial charge in [0.15, 0.2) is 0 Å². The van der Waals surface area contributed by atoms with Gasteiger partial charge in [-0.25, -0.2) is 9.97 Å². The number of aryl methyl sites for hydroxylation is 3. The van der Waals surface area contributed by atoms with E-state index in [4.69, 9.17) is 4.98 Å². The van der Waals surface area contributed by atoms with E-state index in [9.17, 15) is 4.79 Å². The van der Waals surface area contributed by atoms with Crippen LogP contribution < -0.4 is 10.9 Å². The molecule has 0 radical (unpaired) electrons. The average Bonchev–Trinajstić information content (AvgIpc) is 3.35. The molecule has 0 fully saturated rings. The van der Waals surface area contributed by atoms with Gasteiger partial charge >= 0.3 is 0 Å². The molecular formula is C23H27N5OS. The van der Waals surface area contributed by atoms with E-state index in [2.05, 4.69) is 27.9 Å². The third-order valence-electron chi connectivity index (χ3n) is 5.91. The van der Waals surface area contributed by atoms with Crippen molar-refractivity contribution in [1.82, 2.24) is 19.1 Å². The Morgan fingerprint density at radius 3 is 2.93 bits per heavy atom. The molecule has 3 aromatic heterocycles. The van der Waals surface area contributed by atoms with Gasteiger partial charge in [0.1, 0.15) is 4.83 Å². The van der Waals surface area contributed by atoms with E-state index in [-0.39, 0.29) is 5.56 Å². The molecule has 0 bridgehead atoms. The van der Waals surface area contributed by atoms with Crippen LogP contribution >= 0.6 is 11.3 Å². The molecule has 1 aliphatic rings. The molecular weight excluding hydrogens is 394 g/mol. The van der Waals surface area contributed by atoms with Crippen molar-refractivity contribution in [3.05, 3.63) is 51.4 Å². The maximum Gasteiger partial charge on any atom is 0.263 e. The Morgan fingerprint density at radius 1 is 1.17 bits per heavy atom. The molecule has 0 atom stereocenters. The Hall–Kier alpha value is -2.67. The first-order valence-corrected chi connectivity index (χ1v) is 11.8. The quantitative estimate of drug-likeness (QED) is 0.443. The third-order valence-corrected chi connectivity index (χ3v) is 7.09. The van der Waals surface area contributed by atoms with Crippen LogP contribution in [0.1, 0.15) is 43.0 Å². The third kappa shape index (κ3) is 3.41. The summed E-state index contributed by atoms with van der Waals surface area (Å²) in [6.07, 6.45) is 8.25. The minimum Gasteiger partial charge on any atom is -0.355 e. The number of rotatable bonds is 7. The van der Waals surface area contributed by atoms with Crippen LogP contribution in [0.25, 0.3) is 21.3 Å². The molecule has 0 aliphatic heterocycles. The molecule has 0 unspecified atom stereocenters. The highest BCUT2D eigenvalue weighted by molar-refractivity contribution is 7.18. The summed E-state index contributed by atoms with van der Waals surface area (Å²) < 4.78 is 4.02. The number of para-hydroxylation sites is 2. The topological polar surface area (TPSA) is 64.7 Å². The zero-order valence-electron chi connectivity index (χ0n) is 17.4. The lowest BCUT2D eigenvalue weighted by Crippen LogP contribution is -2.26. The normalized spacial score (nSPS) is 13.8. The predicted octanol–water partition coefficient (Wildman–Crippen LogP) is 4.60. The number of benzene rings is 1. The van der Waals surface area contributed by atoms with E-state index < -0.39 is 0 Å². The van der Waals surface area contributed by atoms with Crippen molar-refractivity contribution in [2.24, 2.45) is 0 Å². The highest BCUT2D eigenvalue weighted by Gasteiger charge is 2.21. The minimum absolute atomic E-state index is 0.129. The summed E-state index contributed by atoms with van der Waals surface area (Å²) in [5, 5.41) is 4.32. The van der Waals surface area contributed by atoms with Gasteiger partial charge in [-0.15, -0.1) is 11.3 Å². The fourth-order valence-electron chi connectivity index (χ4n) is 4.44. The molecule has 3 heterocycles. The number of hydrogen-bond acceptors (Lipinski definition) is 5. The zero-order valence-corrected chi connectivity index (χ0v) is 18.2. The predicted molar refractivity (Wildman–Crippen MR) is 124 cm³/mol. The molecule has 0 spiro atoms. The number of imidazole rings is 1. The van der Waals surface area contributed by atoms with Crippen molar-refractivity contribution in [2.45, 2.75) is 58.5 Å². The lowest BCUT2D eigenvalue weighted by Gasteiger charge is -2.14. The maximum atomic E-state index is 13.3. The van der Waals surface area contributed by atoms with E-state index in [1.165, 1.54) is 23.3 Å². The van der Waals surface area contributed by atoms with Crippen LogP contribution in [0.5, 0.6) is 0 Å². The van der Waals surface area contributed by atoms with Gasteiger partial charge in [0, 0.05) is 24.5 Å². The lowest BCUT2D eigenvalue weighted by molar-refractivity contribution is 0.639. The summed E-state index contributed by atoms with van der Waals surface area (Å²) in [6, 6.07) is 8.19. The largest absolute Gasteiger partial charge is 0.355 e. The van der Waals surface area contributed by atoms with Gasteiger partial charge in [0.05, 0.1) is 22.7 Å². The summed E-state index contributed by atoms with van der Waals surface area (Å²) >= 11 is 1.72. The van der Waals surface area contributed by atoms with E-state index in [0.29, 0.717) is 12.5 Å². The fourth-order valence-corrected chi connectivity index (χ4v) is 5.69. The summed E-state index contributed by atoms with van der Waals surface area (Å²) in [5.41, 5.74) is 3.58. The molecule has 0 saturated heterocycles. The molecule has 1 aromatic carbocycles. The molecule has 5 rings (SSSR count). The Labute approximate surface area is 179 Å². The van der Waals surface area contributed by atoms with Crippen molar-refractivity contribution in [2.75, 3.05) is 11.9 Å². The first-order chi connectivity index (χ1) is 14.8. The molecule has 4 aromatic rings. The molecule has 1 aliphatic carbocycles. The SMILES string of the molecule is CCCn1c(NCCCn2cnc3ccccc32)nc2sc3c(c2c1=O)CCCC3. The van der Waals surface area contributed by atoms with Gasteiger partial charge in [-0.1, -0.05) is 19.1 Å². The number of hydrogen-bond donors (Lipinski definition) is 1. The number of thiophene rings is 1. The number of anilines is 1. The Bertz CT molecular complexity index is 1250. The molecule has 156 valence electrons. The van der Waals surface area contributed by atoms with Crippen molar-refractivity contribution in [1.29, 1.82) is 0 Å². The zero-order chi connectivity index (χ0) is 20.5. The summed E-state index contributed by atoms with van der Waals surface area (Å²) in [4.78, 5) is 24.9. The second-order valence-electron chi connectivity index (χ2n) is 7.99. The van der Waals surface area contributed by atoms with Crippen LogP contribution in [0, 0.1) is 0 Å². The second-order valence-corrected chi connectivity index (χ2v) is 9.07. The van der Waals surface area contributed by atoms with Crippen LogP contribution in [0.2, 0.25) is 0 Å². The van der Waals surface area contributed by atoms with Crippen molar-refractivity contribution in [3.8, 4) is 0 Å².